The van der Waals surface area contributed by atoms with Crippen LogP contribution in [0.25, 0.3) is 11.1 Å². The standard InChI is InChI=1S/C14H14BrClN2O3/c1-8(7-21-2)18-13(19)11(12(16)17-14(18)20)9-4-3-5-10(15)6-9/h3-6,8H,7H2,1-2H3,(H,17,20). The highest BCUT2D eigenvalue weighted by Crippen LogP contribution is 2.24. The van der Waals surface area contributed by atoms with Gasteiger partial charge >= 0.3 is 5.69 Å². The Morgan fingerprint density at radius 3 is 2.76 bits per heavy atom. The first-order chi connectivity index (χ1) is 9.95. The van der Waals surface area contributed by atoms with Gasteiger partial charge in [-0.1, -0.05) is 39.7 Å². The number of nitrogens with one attached hydrogen (secondary N) is 1. The van der Waals surface area contributed by atoms with Gasteiger partial charge in [0.15, 0.2) is 0 Å². The molecule has 1 heterocycles. The molecule has 0 saturated heterocycles. The van der Waals surface area contributed by atoms with Crippen LogP contribution in [-0.4, -0.2) is 23.3 Å². The average Bonchev–Trinajstić information content (AvgIpc) is 2.38. The molecule has 0 fully saturated rings. The maximum Gasteiger partial charge on any atom is 0.329 e. The van der Waals surface area contributed by atoms with Crippen LogP contribution in [0.4, 0.5) is 0 Å². The van der Waals surface area contributed by atoms with E-state index in [0.29, 0.717) is 5.56 Å². The van der Waals surface area contributed by atoms with E-state index in [0.717, 1.165) is 9.04 Å². The van der Waals surface area contributed by atoms with Gasteiger partial charge in [-0.3, -0.25) is 14.3 Å². The first kappa shape index (κ1) is 16.0. The number of halogens is 2. The summed E-state index contributed by atoms with van der Waals surface area (Å²) in [5.74, 6) is 0. The number of hydrogen-bond acceptors (Lipinski definition) is 3. The normalized spacial score (nSPS) is 12.4. The molecular weight excluding hydrogens is 360 g/mol. The zero-order chi connectivity index (χ0) is 15.6. The number of rotatable bonds is 4. The van der Waals surface area contributed by atoms with Crippen molar-refractivity contribution in [1.82, 2.24) is 9.55 Å². The van der Waals surface area contributed by atoms with Crippen LogP contribution in [0, 0.1) is 0 Å². The largest absolute Gasteiger partial charge is 0.383 e. The van der Waals surface area contributed by atoms with Crippen molar-refractivity contribution in [2.75, 3.05) is 13.7 Å². The van der Waals surface area contributed by atoms with Gasteiger partial charge in [-0.15, -0.1) is 0 Å². The van der Waals surface area contributed by atoms with Crippen molar-refractivity contribution < 1.29 is 4.74 Å². The highest BCUT2D eigenvalue weighted by Gasteiger charge is 2.18. The van der Waals surface area contributed by atoms with E-state index in [1.165, 1.54) is 7.11 Å². The van der Waals surface area contributed by atoms with Crippen molar-refractivity contribution in [3.05, 3.63) is 54.7 Å². The Balaban J connectivity index is 2.71. The van der Waals surface area contributed by atoms with Crippen molar-refractivity contribution in [1.29, 1.82) is 0 Å². The minimum Gasteiger partial charge on any atom is -0.383 e. The van der Waals surface area contributed by atoms with Gasteiger partial charge in [0.05, 0.1) is 18.2 Å². The predicted octanol–water partition coefficient (Wildman–Crippen LogP) is 2.83. The molecule has 0 aliphatic rings. The van der Waals surface area contributed by atoms with Crippen LogP contribution >= 0.6 is 27.5 Å². The van der Waals surface area contributed by atoms with Crippen molar-refractivity contribution in [3.63, 3.8) is 0 Å². The molecule has 0 bridgehead atoms. The fraction of sp³-hybridized carbons (Fsp3) is 0.286. The molecule has 1 aromatic heterocycles. The van der Waals surface area contributed by atoms with Crippen LogP contribution in [0.5, 0.6) is 0 Å². The summed E-state index contributed by atoms with van der Waals surface area (Å²) in [5, 5.41) is 0.0315. The van der Waals surface area contributed by atoms with Crippen molar-refractivity contribution in [2.24, 2.45) is 0 Å². The third kappa shape index (κ3) is 3.28. The molecule has 0 aliphatic heterocycles. The van der Waals surface area contributed by atoms with Crippen LogP contribution in [-0.2, 0) is 4.74 Å². The predicted molar refractivity (Wildman–Crippen MR) is 86.1 cm³/mol. The number of ether oxygens (including phenoxy) is 1. The fourth-order valence-electron chi connectivity index (χ4n) is 2.13. The number of hydrogen-bond donors (Lipinski definition) is 1. The highest BCUT2D eigenvalue weighted by molar-refractivity contribution is 9.10. The Kier molecular flexibility index (Phi) is 5.03. The summed E-state index contributed by atoms with van der Waals surface area (Å²) in [6.07, 6.45) is 0. The Hall–Kier alpha value is -1.37. The Labute approximate surface area is 134 Å². The van der Waals surface area contributed by atoms with Crippen molar-refractivity contribution in [2.45, 2.75) is 13.0 Å². The van der Waals surface area contributed by atoms with E-state index in [1.54, 1.807) is 25.1 Å². The second-order valence-corrected chi connectivity index (χ2v) is 5.90. The molecule has 1 aromatic carbocycles. The van der Waals surface area contributed by atoms with Crippen LogP contribution in [0.15, 0.2) is 38.3 Å². The van der Waals surface area contributed by atoms with Crippen LogP contribution < -0.4 is 11.2 Å². The fourth-order valence-corrected chi connectivity index (χ4v) is 2.80. The lowest BCUT2D eigenvalue weighted by Gasteiger charge is -2.15. The van der Waals surface area contributed by atoms with Crippen LogP contribution in [0.3, 0.4) is 0 Å². The first-order valence-corrected chi connectivity index (χ1v) is 7.42. The summed E-state index contributed by atoms with van der Waals surface area (Å²) in [6, 6.07) is 6.77. The molecular formula is C14H14BrClN2O3. The Bertz CT molecular complexity index is 770. The molecule has 2 rings (SSSR count). The lowest BCUT2D eigenvalue weighted by molar-refractivity contribution is 0.159. The van der Waals surface area contributed by atoms with E-state index < -0.39 is 17.3 Å². The van der Waals surface area contributed by atoms with E-state index in [4.69, 9.17) is 16.3 Å². The smallest absolute Gasteiger partial charge is 0.329 e. The molecule has 112 valence electrons. The number of nitrogens with zero attached hydrogens (tertiary/aromatic N) is 1. The first-order valence-electron chi connectivity index (χ1n) is 6.25. The van der Waals surface area contributed by atoms with Gasteiger partial charge < -0.3 is 4.74 Å². The van der Waals surface area contributed by atoms with E-state index in [9.17, 15) is 9.59 Å². The Morgan fingerprint density at radius 1 is 1.43 bits per heavy atom. The molecule has 0 spiro atoms. The molecule has 0 amide bonds. The van der Waals surface area contributed by atoms with Crippen LogP contribution in [0.2, 0.25) is 5.15 Å². The zero-order valence-corrected chi connectivity index (χ0v) is 13.9. The molecule has 5 nitrogen and oxygen atoms in total. The summed E-state index contributed by atoms with van der Waals surface area (Å²) in [6.45, 7) is 1.99. The maximum absolute atomic E-state index is 12.6. The molecule has 2 aromatic rings. The van der Waals surface area contributed by atoms with E-state index in [1.807, 2.05) is 6.07 Å². The second kappa shape index (κ2) is 6.60. The van der Waals surface area contributed by atoms with Gasteiger partial charge in [-0.2, -0.15) is 0 Å². The number of aromatic nitrogens is 2. The summed E-state index contributed by atoms with van der Waals surface area (Å²) in [7, 11) is 1.51. The van der Waals surface area contributed by atoms with Gasteiger partial charge in [0.2, 0.25) is 0 Å². The van der Waals surface area contributed by atoms with Gasteiger partial charge in [-0.05, 0) is 24.6 Å². The third-order valence-corrected chi connectivity index (χ3v) is 3.83. The van der Waals surface area contributed by atoms with Gasteiger partial charge in [0.1, 0.15) is 5.15 Å². The SMILES string of the molecule is COCC(C)n1c(=O)[nH]c(Cl)c(-c2cccc(Br)c2)c1=O. The Morgan fingerprint density at radius 2 is 2.14 bits per heavy atom. The summed E-state index contributed by atoms with van der Waals surface area (Å²) in [4.78, 5) is 27.1. The minimum absolute atomic E-state index is 0.0315. The van der Waals surface area contributed by atoms with Gasteiger partial charge in [0.25, 0.3) is 5.56 Å². The average molecular weight is 374 g/mol. The van der Waals surface area contributed by atoms with Gasteiger partial charge in [-0.25, -0.2) is 4.79 Å². The van der Waals surface area contributed by atoms with Crippen molar-refractivity contribution >= 4 is 27.5 Å². The zero-order valence-electron chi connectivity index (χ0n) is 11.5. The number of H-pyrrole nitrogens is 1. The monoisotopic (exact) mass is 372 g/mol. The lowest BCUT2D eigenvalue weighted by Crippen LogP contribution is -2.39. The molecule has 21 heavy (non-hydrogen) atoms. The van der Waals surface area contributed by atoms with Gasteiger partial charge in [0, 0.05) is 11.6 Å². The highest BCUT2D eigenvalue weighted by atomic mass is 79.9. The summed E-state index contributed by atoms with van der Waals surface area (Å²) < 4.78 is 6.94. The number of aromatic amines is 1. The van der Waals surface area contributed by atoms with E-state index in [2.05, 4.69) is 20.9 Å². The number of methoxy groups -OCH3 is 1. The van der Waals surface area contributed by atoms with E-state index >= 15 is 0 Å². The molecule has 0 radical (unpaired) electrons. The molecule has 0 aliphatic carbocycles. The molecule has 1 atom stereocenters. The lowest BCUT2D eigenvalue weighted by atomic mass is 10.1. The molecule has 1 unspecified atom stereocenters. The number of benzene rings is 1. The third-order valence-electron chi connectivity index (χ3n) is 3.05. The van der Waals surface area contributed by atoms with Crippen LogP contribution in [0.1, 0.15) is 13.0 Å². The minimum atomic E-state index is -0.548. The summed E-state index contributed by atoms with van der Waals surface area (Å²) in [5.41, 5.74) is -0.0887. The second-order valence-electron chi connectivity index (χ2n) is 4.61. The topological polar surface area (TPSA) is 64.1 Å². The van der Waals surface area contributed by atoms with Crippen molar-refractivity contribution in [3.8, 4) is 11.1 Å². The molecule has 1 N–H and O–H groups in total. The van der Waals surface area contributed by atoms with E-state index in [-0.39, 0.29) is 17.3 Å². The summed E-state index contributed by atoms with van der Waals surface area (Å²) >= 11 is 9.41. The molecule has 7 heteroatoms. The molecule has 0 saturated carbocycles. The maximum atomic E-state index is 12.6. The quantitative estimate of drug-likeness (QED) is 0.838.